The first-order chi connectivity index (χ1) is 6.77. The smallest absolute Gasteiger partial charge is 0.339 e. The maximum atomic E-state index is 11.1. The number of ether oxygens (including phenoxy) is 1. The number of hydrogen-bond donors (Lipinski definition) is 0. The van der Waals surface area contributed by atoms with Crippen molar-refractivity contribution in [2.24, 2.45) is 0 Å². The van der Waals surface area contributed by atoms with Gasteiger partial charge >= 0.3 is 5.97 Å². The molecule has 0 aliphatic carbocycles. The Bertz CT molecular complexity index is 332. The molecule has 0 aromatic carbocycles. The van der Waals surface area contributed by atoms with E-state index in [-0.39, 0.29) is 5.97 Å². The van der Waals surface area contributed by atoms with Gasteiger partial charge in [-0.1, -0.05) is 22.0 Å². The average molecular weight is 256 g/mol. The van der Waals surface area contributed by atoms with Crippen LogP contribution in [0.1, 0.15) is 16.1 Å². The number of aromatic nitrogens is 1. The van der Waals surface area contributed by atoms with Crippen LogP contribution in [0.5, 0.6) is 0 Å². The van der Waals surface area contributed by atoms with Gasteiger partial charge in [0.15, 0.2) is 0 Å². The minimum absolute atomic E-state index is 0.367. The Labute approximate surface area is 90.9 Å². The number of pyridine rings is 1. The number of nitrogens with zero attached hydrogens (tertiary/aromatic N) is 1. The molecule has 74 valence electrons. The number of halogens is 1. The quantitative estimate of drug-likeness (QED) is 0.615. The van der Waals surface area contributed by atoms with Gasteiger partial charge in [-0.3, -0.25) is 4.98 Å². The number of hydrogen-bond acceptors (Lipinski definition) is 3. The zero-order valence-electron chi connectivity index (χ0n) is 7.74. The van der Waals surface area contributed by atoms with Crippen molar-refractivity contribution in [3.8, 4) is 0 Å². The van der Waals surface area contributed by atoms with Gasteiger partial charge in [-0.15, -0.1) is 0 Å². The molecule has 0 saturated carbocycles. The van der Waals surface area contributed by atoms with Crippen LogP contribution in [0.15, 0.2) is 24.4 Å². The summed E-state index contributed by atoms with van der Waals surface area (Å²) in [6, 6.07) is 3.46. The van der Waals surface area contributed by atoms with E-state index in [1.54, 1.807) is 12.1 Å². The molecule has 0 fully saturated rings. The first-order valence-electron chi connectivity index (χ1n) is 4.05. The zero-order chi connectivity index (χ0) is 10.4. The van der Waals surface area contributed by atoms with E-state index in [9.17, 15) is 4.79 Å². The third-order valence-corrected chi connectivity index (χ3v) is 1.96. The number of esters is 1. The van der Waals surface area contributed by atoms with E-state index in [0.717, 1.165) is 11.0 Å². The monoisotopic (exact) mass is 255 g/mol. The van der Waals surface area contributed by atoms with Crippen molar-refractivity contribution in [2.45, 2.75) is 0 Å². The van der Waals surface area contributed by atoms with Crippen LogP contribution in [-0.4, -0.2) is 23.4 Å². The van der Waals surface area contributed by atoms with Gasteiger partial charge in [-0.2, -0.15) is 0 Å². The summed E-state index contributed by atoms with van der Waals surface area (Å²) >= 11 is 3.27. The third-order valence-electron chi connectivity index (χ3n) is 1.59. The molecule has 0 bridgehead atoms. The fourth-order valence-corrected chi connectivity index (χ4v) is 1.09. The van der Waals surface area contributed by atoms with Gasteiger partial charge in [0.1, 0.15) is 0 Å². The van der Waals surface area contributed by atoms with Crippen molar-refractivity contribution in [1.29, 1.82) is 0 Å². The maximum absolute atomic E-state index is 11.1. The predicted octanol–water partition coefficient (Wildman–Crippen LogP) is 2.28. The van der Waals surface area contributed by atoms with E-state index in [1.807, 2.05) is 12.2 Å². The Hall–Kier alpha value is -1.16. The van der Waals surface area contributed by atoms with Gasteiger partial charge in [0.2, 0.25) is 0 Å². The van der Waals surface area contributed by atoms with Gasteiger partial charge in [0.25, 0.3) is 0 Å². The molecule has 0 unspecified atom stereocenters. The summed E-state index contributed by atoms with van der Waals surface area (Å²) in [5.41, 5.74) is 1.28. The van der Waals surface area contributed by atoms with Crippen LogP contribution in [0, 0.1) is 0 Å². The highest BCUT2D eigenvalue weighted by Gasteiger charge is 2.03. The highest BCUT2D eigenvalue weighted by Crippen LogP contribution is 2.03. The molecule has 0 radical (unpaired) electrons. The molecule has 1 aromatic rings. The van der Waals surface area contributed by atoms with Gasteiger partial charge in [0.05, 0.1) is 18.4 Å². The first kappa shape index (κ1) is 10.9. The Balaban J connectivity index is 2.78. The molecular weight excluding hydrogens is 246 g/mol. The zero-order valence-corrected chi connectivity index (χ0v) is 9.32. The lowest BCUT2D eigenvalue weighted by molar-refractivity contribution is 0.0600. The molecule has 0 amide bonds. The minimum Gasteiger partial charge on any atom is -0.465 e. The molecule has 0 spiro atoms. The van der Waals surface area contributed by atoms with Gasteiger partial charge in [-0.25, -0.2) is 4.79 Å². The molecule has 3 nitrogen and oxygen atoms in total. The average Bonchev–Trinajstić information content (AvgIpc) is 2.26. The predicted molar refractivity (Wildman–Crippen MR) is 58.4 cm³/mol. The lowest BCUT2D eigenvalue weighted by Gasteiger charge is -1.98. The fourth-order valence-electron chi connectivity index (χ4n) is 0.908. The Morgan fingerprint density at radius 3 is 2.93 bits per heavy atom. The summed E-state index contributed by atoms with van der Waals surface area (Å²) in [6.07, 6.45) is 5.30. The molecule has 0 N–H and O–H groups in total. The van der Waals surface area contributed by atoms with E-state index in [0.29, 0.717) is 5.56 Å². The summed E-state index contributed by atoms with van der Waals surface area (Å²) in [4.78, 5) is 15.1. The minimum atomic E-state index is -0.367. The summed E-state index contributed by atoms with van der Waals surface area (Å²) in [5, 5.41) is 0.785. The SMILES string of the molecule is COC(=O)c1ccc(C=CCBr)nc1. The number of alkyl halides is 1. The summed E-state index contributed by atoms with van der Waals surface area (Å²) in [6.45, 7) is 0. The largest absolute Gasteiger partial charge is 0.465 e. The van der Waals surface area contributed by atoms with Crippen molar-refractivity contribution < 1.29 is 9.53 Å². The van der Waals surface area contributed by atoms with E-state index < -0.39 is 0 Å². The number of methoxy groups -OCH3 is 1. The highest BCUT2D eigenvalue weighted by atomic mass is 79.9. The Morgan fingerprint density at radius 2 is 2.43 bits per heavy atom. The van der Waals surface area contributed by atoms with Crippen LogP contribution >= 0.6 is 15.9 Å². The van der Waals surface area contributed by atoms with Crippen molar-refractivity contribution in [3.63, 3.8) is 0 Å². The Morgan fingerprint density at radius 1 is 1.64 bits per heavy atom. The van der Waals surface area contributed by atoms with Crippen LogP contribution in [-0.2, 0) is 4.74 Å². The van der Waals surface area contributed by atoms with Crippen LogP contribution in [0.3, 0.4) is 0 Å². The van der Waals surface area contributed by atoms with E-state index in [1.165, 1.54) is 13.3 Å². The van der Waals surface area contributed by atoms with Crippen LogP contribution in [0.4, 0.5) is 0 Å². The lowest BCUT2D eigenvalue weighted by atomic mass is 10.2. The van der Waals surface area contributed by atoms with Gasteiger partial charge < -0.3 is 4.74 Å². The fraction of sp³-hybridized carbons (Fsp3) is 0.200. The van der Waals surface area contributed by atoms with Crippen LogP contribution < -0.4 is 0 Å². The van der Waals surface area contributed by atoms with Crippen molar-refractivity contribution in [3.05, 3.63) is 35.7 Å². The van der Waals surface area contributed by atoms with Crippen LogP contribution in [0.2, 0.25) is 0 Å². The van der Waals surface area contributed by atoms with E-state index >= 15 is 0 Å². The molecule has 4 heteroatoms. The van der Waals surface area contributed by atoms with E-state index in [4.69, 9.17) is 0 Å². The third kappa shape index (κ3) is 2.96. The van der Waals surface area contributed by atoms with Crippen LogP contribution in [0.25, 0.3) is 6.08 Å². The summed E-state index contributed by atoms with van der Waals surface area (Å²) in [5.74, 6) is -0.367. The Kier molecular flexibility index (Phi) is 4.32. The second-order valence-corrected chi connectivity index (χ2v) is 3.17. The standard InChI is InChI=1S/C10H10BrNO2/c1-14-10(13)8-4-5-9(12-7-8)3-2-6-11/h2-5,7H,6H2,1H3. The number of allylic oxidation sites excluding steroid dienone is 1. The van der Waals surface area contributed by atoms with Crippen molar-refractivity contribution in [2.75, 3.05) is 12.4 Å². The van der Waals surface area contributed by atoms with Gasteiger partial charge in [0, 0.05) is 11.5 Å². The lowest BCUT2D eigenvalue weighted by Crippen LogP contribution is -2.01. The molecule has 0 atom stereocenters. The normalized spacial score (nSPS) is 10.4. The van der Waals surface area contributed by atoms with Crippen molar-refractivity contribution in [1.82, 2.24) is 4.98 Å². The molecule has 0 aliphatic rings. The molecule has 1 aromatic heterocycles. The second-order valence-electron chi connectivity index (χ2n) is 2.52. The van der Waals surface area contributed by atoms with Crippen molar-refractivity contribution >= 4 is 28.0 Å². The van der Waals surface area contributed by atoms with Gasteiger partial charge in [-0.05, 0) is 18.2 Å². The molecular formula is C10H10BrNO2. The molecule has 1 heterocycles. The van der Waals surface area contributed by atoms with E-state index in [2.05, 4.69) is 25.7 Å². The number of carbonyl (C=O) groups is 1. The summed E-state index contributed by atoms with van der Waals surface area (Å²) in [7, 11) is 1.35. The molecule has 0 saturated heterocycles. The first-order valence-corrected chi connectivity index (χ1v) is 5.17. The second kappa shape index (κ2) is 5.54. The molecule has 0 aliphatic heterocycles. The number of rotatable bonds is 3. The summed E-state index contributed by atoms with van der Waals surface area (Å²) < 4.78 is 4.55. The maximum Gasteiger partial charge on any atom is 0.339 e. The number of carbonyl (C=O) groups excluding carboxylic acids is 1. The highest BCUT2D eigenvalue weighted by molar-refractivity contribution is 9.09. The topological polar surface area (TPSA) is 39.2 Å². The molecule has 1 rings (SSSR count). The molecule has 14 heavy (non-hydrogen) atoms.